The molecule has 0 unspecified atom stereocenters. The van der Waals surface area contributed by atoms with E-state index in [1.807, 2.05) is 24.3 Å². The van der Waals surface area contributed by atoms with E-state index in [1.165, 1.54) is 4.57 Å². The summed E-state index contributed by atoms with van der Waals surface area (Å²) >= 11 is 6.09. The smallest absolute Gasteiger partial charge is 0.268 e. The summed E-state index contributed by atoms with van der Waals surface area (Å²) in [4.78, 5) is 24.6. The second-order valence-electron chi connectivity index (χ2n) is 5.39. The molecule has 0 saturated carbocycles. The molecule has 2 heterocycles. The van der Waals surface area contributed by atoms with Gasteiger partial charge in [-0.1, -0.05) is 29.8 Å². The van der Waals surface area contributed by atoms with Gasteiger partial charge in [-0.2, -0.15) is 0 Å². The molecule has 0 fully saturated rings. The predicted octanol–water partition coefficient (Wildman–Crippen LogP) is 2.46. The Morgan fingerprint density at radius 3 is 2.70 bits per heavy atom. The lowest BCUT2D eigenvalue weighted by Crippen LogP contribution is -2.24. The SMILES string of the molecule is Cn1ccc2c(cc(C(=O)NCc3ccccc3Cl)n2C)c1=O. The Balaban J connectivity index is 1.90. The van der Waals surface area contributed by atoms with Crippen molar-refractivity contribution in [1.82, 2.24) is 14.5 Å². The van der Waals surface area contributed by atoms with Gasteiger partial charge in [0, 0.05) is 31.9 Å². The van der Waals surface area contributed by atoms with Gasteiger partial charge in [0.05, 0.1) is 10.9 Å². The fourth-order valence-corrected chi connectivity index (χ4v) is 2.76. The van der Waals surface area contributed by atoms with E-state index in [1.54, 1.807) is 37.0 Å². The minimum absolute atomic E-state index is 0.122. The van der Waals surface area contributed by atoms with E-state index < -0.39 is 0 Å². The standard InChI is InChI=1S/C17H16ClN3O2/c1-20-8-7-14-12(17(20)23)9-15(21(14)2)16(22)19-10-11-5-3-4-6-13(11)18/h3-9H,10H2,1-2H3,(H,19,22). The number of fused-ring (bicyclic) bond motifs is 1. The summed E-state index contributed by atoms with van der Waals surface area (Å²) in [5.74, 6) is -0.245. The predicted molar refractivity (Wildman–Crippen MR) is 90.8 cm³/mol. The fourth-order valence-electron chi connectivity index (χ4n) is 2.56. The fraction of sp³-hybridized carbons (Fsp3) is 0.176. The van der Waals surface area contributed by atoms with Crippen molar-refractivity contribution in [2.45, 2.75) is 6.54 Å². The number of hydrogen-bond acceptors (Lipinski definition) is 2. The molecule has 0 atom stereocenters. The van der Waals surface area contributed by atoms with Gasteiger partial charge in [-0.3, -0.25) is 9.59 Å². The molecule has 0 aliphatic heterocycles. The molecule has 1 N–H and O–H groups in total. The normalized spacial score (nSPS) is 10.9. The van der Waals surface area contributed by atoms with Crippen LogP contribution in [0.4, 0.5) is 0 Å². The first kappa shape index (κ1) is 15.4. The van der Waals surface area contributed by atoms with Gasteiger partial charge in [0.25, 0.3) is 11.5 Å². The number of rotatable bonds is 3. The molecule has 0 radical (unpaired) electrons. The summed E-state index contributed by atoms with van der Waals surface area (Å²) in [6.07, 6.45) is 1.69. The number of carbonyl (C=O) groups excluding carboxylic acids is 1. The minimum Gasteiger partial charge on any atom is -0.347 e. The number of aromatic nitrogens is 2. The summed E-state index contributed by atoms with van der Waals surface area (Å²) in [6.45, 7) is 0.331. The van der Waals surface area contributed by atoms with Crippen LogP contribution >= 0.6 is 11.6 Å². The Morgan fingerprint density at radius 1 is 1.22 bits per heavy atom. The second kappa shape index (κ2) is 5.93. The molecule has 2 aromatic heterocycles. The molecule has 0 bridgehead atoms. The Hall–Kier alpha value is -2.53. The Bertz CT molecular complexity index is 956. The number of nitrogens with one attached hydrogen (secondary N) is 1. The third-order valence-corrected chi connectivity index (χ3v) is 4.29. The highest BCUT2D eigenvalue weighted by molar-refractivity contribution is 6.31. The van der Waals surface area contributed by atoms with Gasteiger partial charge in [-0.05, 0) is 23.8 Å². The summed E-state index contributed by atoms with van der Waals surface area (Å²) in [5.41, 5.74) is 1.90. The number of nitrogens with zero attached hydrogens (tertiary/aromatic N) is 2. The average Bonchev–Trinajstić information content (AvgIpc) is 2.88. The van der Waals surface area contributed by atoms with Gasteiger partial charge in [0.15, 0.2) is 0 Å². The van der Waals surface area contributed by atoms with Crippen LogP contribution in [0.2, 0.25) is 5.02 Å². The molecular formula is C17H16ClN3O2. The van der Waals surface area contributed by atoms with E-state index in [4.69, 9.17) is 11.6 Å². The van der Waals surface area contributed by atoms with Gasteiger partial charge >= 0.3 is 0 Å². The summed E-state index contributed by atoms with van der Waals surface area (Å²) in [6, 6.07) is 10.8. The van der Waals surface area contributed by atoms with Crippen LogP contribution < -0.4 is 10.9 Å². The molecule has 0 aliphatic carbocycles. The third kappa shape index (κ3) is 2.75. The first-order valence-corrected chi connectivity index (χ1v) is 7.53. The molecule has 0 spiro atoms. The van der Waals surface area contributed by atoms with Crippen molar-refractivity contribution in [2.75, 3.05) is 0 Å². The number of pyridine rings is 1. The van der Waals surface area contributed by atoms with Crippen molar-refractivity contribution in [3.63, 3.8) is 0 Å². The number of hydrogen-bond donors (Lipinski definition) is 1. The Labute approximate surface area is 138 Å². The number of halogens is 1. The molecule has 5 nitrogen and oxygen atoms in total. The van der Waals surface area contributed by atoms with Crippen LogP contribution in [0.3, 0.4) is 0 Å². The van der Waals surface area contributed by atoms with Crippen LogP contribution in [-0.4, -0.2) is 15.0 Å². The second-order valence-corrected chi connectivity index (χ2v) is 5.80. The van der Waals surface area contributed by atoms with Crippen molar-refractivity contribution in [3.8, 4) is 0 Å². The van der Waals surface area contributed by atoms with Crippen LogP contribution in [-0.2, 0) is 20.6 Å². The summed E-state index contributed by atoms with van der Waals surface area (Å²) < 4.78 is 3.21. The van der Waals surface area contributed by atoms with E-state index in [0.29, 0.717) is 22.6 Å². The zero-order chi connectivity index (χ0) is 16.6. The van der Waals surface area contributed by atoms with Gasteiger partial charge in [0.2, 0.25) is 0 Å². The van der Waals surface area contributed by atoms with Crippen molar-refractivity contribution in [3.05, 3.63) is 69.2 Å². The van der Waals surface area contributed by atoms with Crippen LogP contribution in [0.25, 0.3) is 10.9 Å². The van der Waals surface area contributed by atoms with Crippen LogP contribution in [0, 0.1) is 0 Å². The number of carbonyl (C=O) groups is 1. The Kier molecular flexibility index (Phi) is 3.96. The van der Waals surface area contributed by atoms with E-state index in [0.717, 1.165) is 11.1 Å². The molecule has 3 aromatic rings. The highest BCUT2D eigenvalue weighted by Crippen LogP contribution is 2.17. The van der Waals surface area contributed by atoms with Crippen LogP contribution in [0.15, 0.2) is 47.4 Å². The maximum atomic E-state index is 12.4. The first-order chi connectivity index (χ1) is 11.0. The molecule has 23 heavy (non-hydrogen) atoms. The van der Waals surface area contributed by atoms with E-state index >= 15 is 0 Å². The van der Waals surface area contributed by atoms with Crippen molar-refractivity contribution in [2.24, 2.45) is 14.1 Å². The zero-order valence-corrected chi connectivity index (χ0v) is 13.6. The minimum atomic E-state index is -0.245. The molecule has 6 heteroatoms. The van der Waals surface area contributed by atoms with Crippen molar-refractivity contribution >= 4 is 28.4 Å². The lowest BCUT2D eigenvalue weighted by molar-refractivity contribution is 0.0943. The molecule has 118 valence electrons. The highest BCUT2D eigenvalue weighted by Gasteiger charge is 2.15. The van der Waals surface area contributed by atoms with Gasteiger partial charge in [0.1, 0.15) is 5.69 Å². The zero-order valence-electron chi connectivity index (χ0n) is 12.8. The largest absolute Gasteiger partial charge is 0.347 e. The van der Waals surface area contributed by atoms with E-state index in [9.17, 15) is 9.59 Å². The van der Waals surface area contributed by atoms with E-state index in [2.05, 4.69) is 5.32 Å². The summed E-state index contributed by atoms with van der Waals surface area (Å²) in [7, 11) is 3.46. The lowest BCUT2D eigenvalue weighted by Gasteiger charge is -2.08. The van der Waals surface area contributed by atoms with Gasteiger partial charge in [-0.15, -0.1) is 0 Å². The molecule has 1 aromatic carbocycles. The molecular weight excluding hydrogens is 314 g/mol. The van der Waals surface area contributed by atoms with Crippen molar-refractivity contribution < 1.29 is 4.79 Å². The molecule has 0 saturated heterocycles. The van der Waals surface area contributed by atoms with E-state index in [-0.39, 0.29) is 11.5 Å². The maximum Gasteiger partial charge on any atom is 0.268 e. The topological polar surface area (TPSA) is 56.0 Å². The molecule has 3 rings (SSSR count). The molecule has 0 aliphatic rings. The number of aryl methyl sites for hydroxylation is 2. The van der Waals surface area contributed by atoms with Crippen LogP contribution in [0.5, 0.6) is 0 Å². The molecule has 1 amide bonds. The monoisotopic (exact) mass is 329 g/mol. The average molecular weight is 330 g/mol. The highest BCUT2D eigenvalue weighted by atomic mass is 35.5. The summed E-state index contributed by atoms with van der Waals surface area (Å²) in [5, 5.41) is 3.98. The number of amides is 1. The van der Waals surface area contributed by atoms with Gasteiger partial charge in [-0.25, -0.2) is 0 Å². The van der Waals surface area contributed by atoms with Crippen molar-refractivity contribution in [1.29, 1.82) is 0 Å². The first-order valence-electron chi connectivity index (χ1n) is 7.15. The Morgan fingerprint density at radius 2 is 1.96 bits per heavy atom. The quantitative estimate of drug-likeness (QED) is 0.802. The number of benzene rings is 1. The van der Waals surface area contributed by atoms with Gasteiger partial charge < -0.3 is 14.5 Å². The van der Waals surface area contributed by atoms with Crippen LogP contribution in [0.1, 0.15) is 16.1 Å². The maximum absolute atomic E-state index is 12.4. The lowest BCUT2D eigenvalue weighted by atomic mass is 10.2. The third-order valence-electron chi connectivity index (χ3n) is 3.92.